The Hall–Kier alpha value is -1.37. The molecule has 20 heavy (non-hydrogen) atoms. The minimum Gasteiger partial charge on any atom is -0.497 e. The smallest absolute Gasteiger partial charge is 0.161 e. The number of ether oxygens (including phenoxy) is 1. The van der Waals surface area contributed by atoms with Crippen LogP contribution in [0.4, 0.5) is 5.82 Å². The molecule has 0 aliphatic carbocycles. The number of nitrogens with zero attached hydrogens (tertiary/aromatic N) is 2. The van der Waals surface area contributed by atoms with Gasteiger partial charge in [-0.15, -0.1) is 0 Å². The minimum atomic E-state index is 0.740. The van der Waals surface area contributed by atoms with Gasteiger partial charge in [0.1, 0.15) is 11.6 Å². The largest absolute Gasteiger partial charge is 0.497 e. The fourth-order valence-electron chi connectivity index (χ4n) is 1.79. The molecule has 0 fully saturated rings. The highest BCUT2D eigenvalue weighted by Gasteiger charge is 2.10. The molecule has 0 radical (unpaired) electrons. The molecule has 1 N–H and O–H groups in total. The lowest BCUT2D eigenvalue weighted by Crippen LogP contribution is -2.07. The van der Waals surface area contributed by atoms with Crippen molar-refractivity contribution in [1.82, 2.24) is 9.97 Å². The van der Waals surface area contributed by atoms with E-state index in [0.717, 1.165) is 45.2 Å². The van der Waals surface area contributed by atoms with Gasteiger partial charge in [-0.2, -0.15) is 0 Å². The van der Waals surface area contributed by atoms with Crippen molar-refractivity contribution in [3.8, 4) is 17.1 Å². The Labute approximate surface area is 133 Å². The average Bonchev–Trinajstić information content (AvgIpc) is 2.48. The first-order valence-electron chi connectivity index (χ1n) is 6.58. The molecule has 0 aliphatic heterocycles. The SMILES string of the molecule is CCCNc1nc(-c2ccc(OC)cc2)nc(C)c1I. The van der Waals surface area contributed by atoms with Gasteiger partial charge in [-0.05, 0) is 60.2 Å². The first-order valence-corrected chi connectivity index (χ1v) is 7.66. The molecule has 0 spiro atoms. The van der Waals surface area contributed by atoms with Crippen LogP contribution in [0.3, 0.4) is 0 Å². The van der Waals surface area contributed by atoms with Gasteiger partial charge in [0.2, 0.25) is 0 Å². The summed E-state index contributed by atoms with van der Waals surface area (Å²) in [6, 6.07) is 7.80. The van der Waals surface area contributed by atoms with Gasteiger partial charge in [0.15, 0.2) is 5.82 Å². The number of aromatic nitrogens is 2. The highest BCUT2D eigenvalue weighted by atomic mass is 127. The van der Waals surface area contributed by atoms with Crippen molar-refractivity contribution in [2.24, 2.45) is 0 Å². The summed E-state index contributed by atoms with van der Waals surface area (Å²) in [7, 11) is 1.66. The molecule has 0 saturated heterocycles. The van der Waals surface area contributed by atoms with Crippen molar-refractivity contribution in [3.05, 3.63) is 33.5 Å². The summed E-state index contributed by atoms with van der Waals surface area (Å²) in [6.07, 6.45) is 1.07. The van der Waals surface area contributed by atoms with E-state index >= 15 is 0 Å². The first kappa shape index (κ1) is 15.0. The number of anilines is 1. The van der Waals surface area contributed by atoms with Crippen LogP contribution in [0, 0.1) is 10.5 Å². The molecule has 0 amide bonds. The number of methoxy groups -OCH3 is 1. The maximum absolute atomic E-state index is 5.17. The summed E-state index contributed by atoms with van der Waals surface area (Å²) in [4.78, 5) is 9.19. The third-order valence-corrected chi connectivity index (χ3v) is 4.20. The molecule has 2 aromatic rings. The fourth-order valence-corrected chi connectivity index (χ4v) is 2.22. The normalized spacial score (nSPS) is 10.4. The van der Waals surface area contributed by atoms with Crippen molar-refractivity contribution in [3.63, 3.8) is 0 Å². The van der Waals surface area contributed by atoms with Gasteiger partial charge < -0.3 is 10.1 Å². The third kappa shape index (κ3) is 3.39. The predicted molar refractivity (Wildman–Crippen MR) is 90.3 cm³/mol. The van der Waals surface area contributed by atoms with Gasteiger partial charge in [0.05, 0.1) is 16.4 Å². The van der Waals surface area contributed by atoms with Crippen molar-refractivity contribution >= 4 is 28.4 Å². The Morgan fingerprint density at radius 1 is 1.20 bits per heavy atom. The quantitative estimate of drug-likeness (QED) is 0.796. The summed E-state index contributed by atoms with van der Waals surface area (Å²) < 4.78 is 6.25. The van der Waals surface area contributed by atoms with E-state index in [4.69, 9.17) is 4.74 Å². The molecule has 106 valence electrons. The average molecular weight is 383 g/mol. The summed E-state index contributed by atoms with van der Waals surface area (Å²) in [5, 5.41) is 3.35. The number of nitrogens with one attached hydrogen (secondary N) is 1. The van der Waals surface area contributed by atoms with Crippen LogP contribution in [-0.2, 0) is 0 Å². The maximum Gasteiger partial charge on any atom is 0.161 e. The van der Waals surface area contributed by atoms with Crippen LogP contribution >= 0.6 is 22.6 Å². The predicted octanol–water partition coefficient (Wildman–Crippen LogP) is 3.89. The topological polar surface area (TPSA) is 47.0 Å². The minimum absolute atomic E-state index is 0.740. The monoisotopic (exact) mass is 383 g/mol. The standard InChI is InChI=1S/C15H18IN3O/c1-4-9-17-15-13(16)10(2)18-14(19-15)11-5-7-12(20-3)8-6-11/h5-8H,4,9H2,1-3H3,(H,17,18,19). The van der Waals surface area contributed by atoms with Crippen LogP contribution in [0.5, 0.6) is 5.75 Å². The molecule has 0 atom stereocenters. The Morgan fingerprint density at radius 2 is 1.90 bits per heavy atom. The number of rotatable bonds is 5. The molecule has 0 aliphatic rings. The van der Waals surface area contributed by atoms with Gasteiger partial charge >= 0.3 is 0 Å². The molecule has 1 heterocycles. The number of halogens is 1. The Balaban J connectivity index is 2.37. The zero-order valence-electron chi connectivity index (χ0n) is 11.9. The fraction of sp³-hybridized carbons (Fsp3) is 0.333. The van der Waals surface area contributed by atoms with Crippen LogP contribution in [0.1, 0.15) is 19.0 Å². The molecule has 4 nitrogen and oxygen atoms in total. The second kappa shape index (κ2) is 6.88. The van der Waals surface area contributed by atoms with E-state index in [2.05, 4.69) is 44.8 Å². The molecule has 1 aromatic carbocycles. The van der Waals surface area contributed by atoms with Crippen LogP contribution < -0.4 is 10.1 Å². The van der Waals surface area contributed by atoms with E-state index in [1.54, 1.807) is 7.11 Å². The van der Waals surface area contributed by atoms with E-state index in [1.165, 1.54) is 0 Å². The number of benzene rings is 1. The lowest BCUT2D eigenvalue weighted by molar-refractivity contribution is 0.415. The highest BCUT2D eigenvalue weighted by Crippen LogP contribution is 2.25. The molecule has 0 bridgehead atoms. The molecule has 1 aromatic heterocycles. The van der Waals surface area contributed by atoms with Crippen LogP contribution in [0.25, 0.3) is 11.4 Å². The third-order valence-electron chi connectivity index (χ3n) is 2.91. The van der Waals surface area contributed by atoms with Gasteiger partial charge in [0.25, 0.3) is 0 Å². The number of hydrogen-bond donors (Lipinski definition) is 1. The maximum atomic E-state index is 5.17. The highest BCUT2D eigenvalue weighted by molar-refractivity contribution is 14.1. The Morgan fingerprint density at radius 3 is 2.50 bits per heavy atom. The summed E-state index contributed by atoms with van der Waals surface area (Å²) in [6.45, 7) is 5.06. The Kier molecular flexibility index (Phi) is 5.17. The van der Waals surface area contributed by atoms with E-state index in [0.29, 0.717) is 0 Å². The lowest BCUT2D eigenvalue weighted by atomic mass is 10.2. The van der Waals surface area contributed by atoms with E-state index in [9.17, 15) is 0 Å². The molecule has 2 rings (SSSR count). The zero-order valence-corrected chi connectivity index (χ0v) is 14.1. The lowest BCUT2D eigenvalue weighted by Gasteiger charge is -2.11. The molecule has 5 heteroatoms. The van der Waals surface area contributed by atoms with Crippen molar-refractivity contribution in [2.45, 2.75) is 20.3 Å². The summed E-state index contributed by atoms with van der Waals surface area (Å²) >= 11 is 2.28. The number of hydrogen-bond acceptors (Lipinski definition) is 4. The molecule has 0 saturated carbocycles. The van der Waals surface area contributed by atoms with Crippen molar-refractivity contribution in [2.75, 3.05) is 19.0 Å². The second-order valence-electron chi connectivity index (χ2n) is 4.45. The van der Waals surface area contributed by atoms with Crippen LogP contribution in [0.15, 0.2) is 24.3 Å². The van der Waals surface area contributed by atoms with E-state index < -0.39 is 0 Å². The van der Waals surface area contributed by atoms with Gasteiger partial charge in [-0.25, -0.2) is 9.97 Å². The Bertz CT molecular complexity index is 584. The van der Waals surface area contributed by atoms with Crippen molar-refractivity contribution < 1.29 is 4.74 Å². The van der Waals surface area contributed by atoms with Crippen LogP contribution in [0.2, 0.25) is 0 Å². The molecular formula is C15H18IN3O. The molecule has 0 unspecified atom stereocenters. The van der Waals surface area contributed by atoms with Gasteiger partial charge in [0, 0.05) is 12.1 Å². The van der Waals surface area contributed by atoms with E-state index in [-0.39, 0.29) is 0 Å². The zero-order chi connectivity index (χ0) is 14.5. The van der Waals surface area contributed by atoms with Gasteiger partial charge in [-0.3, -0.25) is 0 Å². The molecular weight excluding hydrogens is 365 g/mol. The summed E-state index contributed by atoms with van der Waals surface area (Å²) in [5.41, 5.74) is 1.98. The van der Waals surface area contributed by atoms with Gasteiger partial charge in [-0.1, -0.05) is 6.92 Å². The number of aryl methyl sites for hydroxylation is 1. The van der Waals surface area contributed by atoms with Crippen LogP contribution in [-0.4, -0.2) is 23.6 Å². The summed E-state index contributed by atoms with van der Waals surface area (Å²) in [5.74, 6) is 2.48. The second-order valence-corrected chi connectivity index (χ2v) is 5.53. The first-order chi connectivity index (χ1) is 9.65. The van der Waals surface area contributed by atoms with Crippen molar-refractivity contribution in [1.29, 1.82) is 0 Å². The van der Waals surface area contributed by atoms with E-state index in [1.807, 2.05) is 31.2 Å².